The van der Waals surface area contributed by atoms with E-state index in [1.54, 1.807) is 0 Å². The van der Waals surface area contributed by atoms with Crippen LogP contribution < -0.4 is 4.74 Å². The summed E-state index contributed by atoms with van der Waals surface area (Å²) < 4.78 is 6.04. The number of hydrogen-bond donors (Lipinski definition) is 1. The van der Waals surface area contributed by atoms with Crippen LogP contribution in [0.1, 0.15) is 35.1 Å². The van der Waals surface area contributed by atoms with Crippen molar-refractivity contribution in [3.8, 4) is 29.4 Å². The molecule has 0 spiro atoms. The zero-order valence-electron chi connectivity index (χ0n) is 17.8. The fraction of sp³-hybridized carbons (Fsp3) is 0.200. The van der Waals surface area contributed by atoms with Crippen molar-refractivity contribution in [3.63, 3.8) is 0 Å². The highest BCUT2D eigenvalue weighted by Crippen LogP contribution is 2.43. The van der Waals surface area contributed by atoms with Crippen molar-refractivity contribution in [1.29, 1.82) is 0 Å². The van der Waals surface area contributed by atoms with Gasteiger partial charge >= 0.3 is 0 Å². The first-order chi connectivity index (χ1) is 15.7. The molecular formula is C30H24OS. The largest absolute Gasteiger partial charge is 0.493 e. The molecule has 5 rings (SSSR count). The molecule has 1 saturated carbocycles. The minimum atomic E-state index is 0.672. The Balaban J connectivity index is 1.16. The first kappa shape index (κ1) is 20.6. The lowest BCUT2D eigenvalue weighted by atomic mass is 9.95. The third kappa shape index (κ3) is 5.11. The number of hydrogen-bond acceptors (Lipinski definition) is 2. The number of rotatable bonds is 3. The van der Waals surface area contributed by atoms with Crippen molar-refractivity contribution in [2.45, 2.75) is 17.7 Å². The lowest BCUT2D eigenvalue weighted by molar-refractivity contribution is 0.227. The Bertz CT molecular complexity index is 1230. The molecule has 3 unspecified atom stereocenters. The Kier molecular flexibility index (Phi) is 6.06. The van der Waals surface area contributed by atoms with Crippen LogP contribution >= 0.6 is 12.6 Å². The summed E-state index contributed by atoms with van der Waals surface area (Å²) in [4.78, 5) is 0.939. The molecule has 0 aliphatic heterocycles. The van der Waals surface area contributed by atoms with Gasteiger partial charge in [-0.1, -0.05) is 35.8 Å². The van der Waals surface area contributed by atoms with E-state index in [2.05, 4.69) is 48.5 Å². The molecule has 2 bridgehead atoms. The van der Waals surface area contributed by atoms with E-state index >= 15 is 0 Å². The van der Waals surface area contributed by atoms with Crippen LogP contribution in [0, 0.1) is 41.4 Å². The van der Waals surface area contributed by atoms with Gasteiger partial charge in [0.25, 0.3) is 0 Å². The molecule has 2 aliphatic carbocycles. The average Bonchev–Trinajstić information content (AvgIpc) is 3.46. The van der Waals surface area contributed by atoms with E-state index in [1.807, 2.05) is 72.8 Å². The van der Waals surface area contributed by atoms with Crippen LogP contribution in [0.5, 0.6) is 5.75 Å². The van der Waals surface area contributed by atoms with E-state index in [-0.39, 0.29) is 0 Å². The summed E-state index contributed by atoms with van der Waals surface area (Å²) in [5.74, 6) is 15.9. The molecular weight excluding hydrogens is 408 g/mol. The second kappa shape index (κ2) is 9.44. The van der Waals surface area contributed by atoms with Crippen molar-refractivity contribution < 1.29 is 4.74 Å². The molecule has 3 aromatic rings. The Morgan fingerprint density at radius 2 is 1.16 bits per heavy atom. The van der Waals surface area contributed by atoms with E-state index in [0.717, 1.165) is 51.3 Å². The van der Waals surface area contributed by atoms with Gasteiger partial charge in [0.05, 0.1) is 6.61 Å². The molecule has 0 aromatic heterocycles. The third-order valence-corrected chi connectivity index (χ3v) is 6.49. The SMILES string of the molecule is Sc1ccc(C#Cc2ccc(C#Cc3ccc(OCC4CC5C=CC4C5)cc3)cc2)cc1. The van der Waals surface area contributed by atoms with Gasteiger partial charge < -0.3 is 4.74 Å². The maximum atomic E-state index is 6.04. The molecule has 1 fully saturated rings. The standard InChI is InChI=1S/C30H24OS/c32-30-17-12-25(13-18-30)8-6-23-3-1-22(2-4-23)5-7-24-10-15-29(16-11-24)31-21-28-20-26-9-14-27(28)19-26/h1-4,9-18,26-28,32H,19-21H2. The van der Waals surface area contributed by atoms with E-state index in [1.165, 1.54) is 12.8 Å². The zero-order valence-corrected chi connectivity index (χ0v) is 18.7. The summed E-state index contributed by atoms with van der Waals surface area (Å²) in [5, 5.41) is 0. The molecule has 3 aromatic carbocycles. The summed E-state index contributed by atoms with van der Waals surface area (Å²) in [7, 11) is 0. The maximum absolute atomic E-state index is 6.04. The summed E-state index contributed by atoms with van der Waals surface area (Å²) in [6, 6.07) is 24.0. The highest BCUT2D eigenvalue weighted by atomic mass is 32.1. The molecule has 0 heterocycles. The highest BCUT2D eigenvalue weighted by Gasteiger charge is 2.35. The molecule has 2 aliphatic rings. The van der Waals surface area contributed by atoms with Crippen molar-refractivity contribution in [3.05, 3.63) is 107 Å². The van der Waals surface area contributed by atoms with Gasteiger partial charge in [-0.05, 0) is 103 Å². The zero-order chi connectivity index (χ0) is 21.8. The normalized spacial score (nSPS) is 20.2. The summed E-state index contributed by atoms with van der Waals surface area (Å²) in [6.45, 7) is 0.812. The molecule has 1 nitrogen and oxygen atoms in total. The molecule has 0 amide bonds. The predicted molar refractivity (Wildman–Crippen MR) is 133 cm³/mol. The van der Waals surface area contributed by atoms with Gasteiger partial charge in [0.1, 0.15) is 5.75 Å². The minimum Gasteiger partial charge on any atom is -0.493 e. The lowest BCUT2D eigenvalue weighted by Gasteiger charge is -2.18. The van der Waals surface area contributed by atoms with Crippen molar-refractivity contribution >= 4 is 12.6 Å². The number of allylic oxidation sites excluding steroid dienone is 2. The molecule has 32 heavy (non-hydrogen) atoms. The second-order valence-corrected chi connectivity index (χ2v) is 9.02. The molecule has 2 heteroatoms. The van der Waals surface area contributed by atoms with Crippen molar-refractivity contribution in [2.24, 2.45) is 17.8 Å². The smallest absolute Gasteiger partial charge is 0.119 e. The van der Waals surface area contributed by atoms with E-state index in [4.69, 9.17) is 4.74 Å². The van der Waals surface area contributed by atoms with E-state index in [0.29, 0.717) is 5.92 Å². The van der Waals surface area contributed by atoms with Gasteiger partial charge in [-0.2, -0.15) is 0 Å². The predicted octanol–water partition coefficient (Wildman–Crippen LogP) is 6.37. The van der Waals surface area contributed by atoms with Gasteiger partial charge in [0.2, 0.25) is 0 Å². The Labute approximate surface area is 195 Å². The first-order valence-corrected chi connectivity index (χ1v) is 11.5. The van der Waals surface area contributed by atoms with Crippen LogP contribution in [0.4, 0.5) is 0 Å². The van der Waals surface area contributed by atoms with Crippen LogP contribution in [0.3, 0.4) is 0 Å². The van der Waals surface area contributed by atoms with Gasteiger partial charge in [-0.15, -0.1) is 12.6 Å². The Morgan fingerprint density at radius 1 is 0.656 bits per heavy atom. The van der Waals surface area contributed by atoms with Crippen LogP contribution in [-0.4, -0.2) is 6.61 Å². The third-order valence-electron chi connectivity index (χ3n) is 6.19. The molecule has 0 N–H and O–H groups in total. The van der Waals surface area contributed by atoms with Gasteiger partial charge in [0, 0.05) is 27.1 Å². The average molecular weight is 433 g/mol. The summed E-state index contributed by atoms with van der Waals surface area (Å²) >= 11 is 4.30. The molecule has 0 radical (unpaired) electrons. The number of benzene rings is 3. The Morgan fingerprint density at radius 3 is 1.62 bits per heavy atom. The van der Waals surface area contributed by atoms with Crippen LogP contribution in [0.25, 0.3) is 0 Å². The first-order valence-electron chi connectivity index (χ1n) is 11.1. The maximum Gasteiger partial charge on any atom is 0.119 e. The minimum absolute atomic E-state index is 0.672. The topological polar surface area (TPSA) is 9.23 Å². The lowest BCUT2D eigenvalue weighted by Crippen LogP contribution is -2.16. The fourth-order valence-corrected chi connectivity index (χ4v) is 4.54. The number of fused-ring (bicyclic) bond motifs is 2. The van der Waals surface area contributed by atoms with Crippen LogP contribution in [0.15, 0.2) is 89.8 Å². The summed E-state index contributed by atoms with van der Waals surface area (Å²) in [5.41, 5.74) is 3.90. The van der Waals surface area contributed by atoms with E-state index in [9.17, 15) is 0 Å². The number of ether oxygens (including phenoxy) is 1. The van der Waals surface area contributed by atoms with E-state index < -0.39 is 0 Å². The quantitative estimate of drug-likeness (QED) is 0.288. The molecule has 0 saturated heterocycles. The van der Waals surface area contributed by atoms with Gasteiger partial charge in [0.15, 0.2) is 0 Å². The van der Waals surface area contributed by atoms with Crippen LogP contribution in [-0.2, 0) is 0 Å². The van der Waals surface area contributed by atoms with Crippen molar-refractivity contribution in [2.75, 3.05) is 6.61 Å². The van der Waals surface area contributed by atoms with Crippen LogP contribution in [0.2, 0.25) is 0 Å². The summed E-state index contributed by atoms with van der Waals surface area (Å²) in [6.07, 6.45) is 7.35. The molecule has 156 valence electrons. The highest BCUT2D eigenvalue weighted by molar-refractivity contribution is 7.80. The molecule has 3 atom stereocenters. The van der Waals surface area contributed by atoms with Gasteiger partial charge in [-0.3, -0.25) is 0 Å². The monoisotopic (exact) mass is 432 g/mol. The van der Waals surface area contributed by atoms with Gasteiger partial charge in [-0.25, -0.2) is 0 Å². The Hall–Kier alpha value is -3.33. The second-order valence-electron chi connectivity index (χ2n) is 8.50. The fourth-order valence-electron chi connectivity index (χ4n) is 4.39. The number of thiol groups is 1. The van der Waals surface area contributed by atoms with Crippen molar-refractivity contribution in [1.82, 2.24) is 0 Å².